The van der Waals surface area contributed by atoms with E-state index in [1.165, 1.54) is 42.6 Å². The van der Waals surface area contributed by atoms with Crippen molar-refractivity contribution < 1.29 is 41.8 Å². The van der Waals surface area contributed by atoms with Crippen LogP contribution in [0.1, 0.15) is 30.0 Å². The van der Waals surface area contributed by atoms with Crippen molar-refractivity contribution in [2.45, 2.75) is 36.9 Å². The highest BCUT2D eigenvalue weighted by molar-refractivity contribution is 6.31. The Balaban J connectivity index is 1.69. The van der Waals surface area contributed by atoms with Crippen molar-refractivity contribution in [3.8, 4) is 6.07 Å². The van der Waals surface area contributed by atoms with Gasteiger partial charge in [0.1, 0.15) is 36.1 Å². The lowest BCUT2D eigenvalue weighted by atomic mass is 9.87. The fraction of sp³-hybridized carbons (Fsp3) is 0.267. The Morgan fingerprint density at radius 2 is 1.78 bits per heavy atom. The van der Waals surface area contributed by atoms with Crippen LogP contribution in [0.25, 0.3) is 0 Å². The van der Waals surface area contributed by atoms with Gasteiger partial charge in [0.25, 0.3) is 11.8 Å². The summed E-state index contributed by atoms with van der Waals surface area (Å²) in [7, 11) is 0. The normalized spacial score (nSPS) is 18.3. The molecule has 238 valence electrons. The van der Waals surface area contributed by atoms with E-state index in [0.717, 1.165) is 17.0 Å². The lowest BCUT2D eigenvalue weighted by molar-refractivity contribution is -0.133. The number of amides is 4. The van der Waals surface area contributed by atoms with Gasteiger partial charge in [0.15, 0.2) is 0 Å². The Labute approximate surface area is 263 Å². The van der Waals surface area contributed by atoms with Crippen molar-refractivity contribution >= 4 is 46.9 Å². The predicted octanol–water partition coefficient (Wildman–Crippen LogP) is 4.27. The molecule has 0 bridgehead atoms. The molecule has 1 aliphatic carbocycles. The van der Waals surface area contributed by atoms with Crippen LogP contribution in [0.15, 0.2) is 60.8 Å². The Kier molecular flexibility index (Phi) is 8.84. The first-order valence-corrected chi connectivity index (χ1v) is 14.0. The number of hydrogen-bond acceptors (Lipinski definition) is 6. The molecule has 1 saturated carbocycles. The number of pyridine rings is 1. The number of rotatable bonds is 7. The Hall–Kier alpha value is -5.23. The van der Waals surface area contributed by atoms with Gasteiger partial charge in [-0.2, -0.15) is 5.26 Å². The van der Waals surface area contributed by atoms with E-state index in [9.17, 15) is 47.1 Å². The summed E-state index contributed by atoms with van der Waals surface area (Å²) in [4.78, 5) is 60.2. The lowest BCUT2D eigenvalue weighted by Crippen LogP contribution is -2.64. The summed E-state index contributed by atoms with van der Waals surface area (Å²) in [6.07, 6.45) is -1.79. The zero-order valence-corrected chi connectivity index (χ0v) is 24.3. The van der Waals surface area contributed by atoms with Gasteiger partial charge in [-0.1, -0.05) is 29.8 Å². The second-order valence-electron chi connectivity index (χ2n) is 10.7. The summed E-state index contributed by atoms with van der Waals surface area (Å²) in [5.41, 5.74) is -0.557. The maximum Gasteiger partial charge on any atom is 0.407 e. The van der Waals surface area contributed by atoms with E-state index in [4.69, 9.17) is 11.6 Å². The van der Waals surface area contributed by atoms with Crippen molar-refractivity contribution in [2.24, 2.45) is 0 Å². The molecule has 1 aliphatic heterocycles. The summed E-state index contributed by atoms with van der Waals surface area (Å²) in [6, 6.07) is 7.32. The van der Waals surface area contributed by atoms with Crippen molar-refractivity contribution in [1.82, 2.24) is 15.2 Å². The Morgan fingerprint density at radius 3 is 2.39 bits per heavy atom. The third kappa shape index (κ3) is 6.57. The van der Waals surface area contributed by atoms with Crippen LogP contribution < -0.4 is 15.1 Å². The molecule has 1 saturated heterocycles. The van der Waals surface area contributed by atoms with Gasteiger partial charge in [-0.25, -0.2) is 27.3 Å². The molecule has 2 atom stereocenters. The van der Waals surface area contributed by atoms with Crippen LogP contribution in [0.3, 0.4) is 0 Å². The van der Waals surface area contributed by atoms with Gasteiger partial charge in [-0.05, 0) is 30.3 Å². The topological polar surface area (TPSA) is 147 Å². The molecule has 2 aliphatic rings. The van der Waals surface area contributed by atoms with E-state index in [1.54, 1.807) is 0 Å². The summed E-state index contributed by atoms with van der Waals surface area (Å²) in [5.74, 6) is -8.74. The number of piperazine rings is 1. The molecule has 46 heavy (non-hydrogen) atoms. The summed E-state index contributed by atoms with van der Waals surface area (Å²) in [5, 5.41) is 21.5. The number of benzene rings is 2. The minimum absolute atomic E-state index is 0.0411. The molecule has 1 aromatic heterocycles. The van der Waals surface area contributed by atoms with Crippen molar-refractivity contribution in [3.05, 3.63) is 88.6 Å². The second kappa shape index (κ2) is 12.6. The second-order valence-corrected chi connectivity index (χ2v) is 11.1. The van der Waals surface area contributed by atoms with E-state index >= 15 is 0 Å². The molecule has 3 aromatic rings. The summed E-state index contributed by atoms with van der Waals surface area (Å²) >= 11 is 6.45. The van der Waals surface area contributed by atoms with Gasteiger partial charge < -0.3 is 10.4 Å². The average Bonchev–Trinajstić information content (AvgIpc) is 2.98. The van der Waals surface area contributed by atoms with Crippen LogP contribution in [0, 0.1) is 23.0 Å². The third-order valence-corrected chi connectivity index (χ3v) is 7.83. The highest BCUT2D eigenvalue weighted by Gasteiger charge is 2.49. The first kappa shape index (κ1) is 32.2. The van der Waals surface area contributed by atoms with Crippen LogP contribution in [0.5, 0.6) is 0 Å². The molecule has 11 nitrogen and oxygen atoms in total. The number of carbonyl (C=O) groups excluding carboxylic acids is 3. The van der Waals surface area contributed by atoms with Gasteiger partial charge >= 0.3 is 6.09 Å². The van der Waals surface area contributed by atoms with Crippen molar-refractivity contribution in [3.63, 3.8) is 0 Å². The maximum absolute atomic E-state index is 14.7. The smallest absolute Gasteiger partial charge is 0.407 e. The van der Waals surface area contributed by atoms with Crippen LogP contribution in [0.4, 0.5) is 33.9 Å². The number of carbonyl (C=O) groups is 4. The highest BCUT2D eigenvalue weighted by Crippen LogP contribution is 2.39. The van der Waals surface area contributed by atoms with Gasteiger partial charge in [-0.3, -0.25) is 29.1 Å². The molecule has 5 rings (SSSR count). The first-order chi connectivity index (χ1) is 21.8. The molecule has 2 heterocycles. The molecule has 2 N–H and O–H groups in total. The quantitative estimate of drug-likeness (QED) is 0.361. The molecular weight excluding hydrogens is 636 g/mol. The Bertz CT molecular complexity index is 1740. The Morgan fingerprint density at radius 1 is 1.11 bits per heavy atom. The number of nitrogens with zero attached hydrogens (tertiary/aromatic N) is 5. The third-order valence-electron chi connectivity index (χ3n) is 7.48. The molecule has 0 spiro atoms. The number of halogens is 5. The minimum Gasteiger partial charge on any atom is -0.465 e. The number of alkyl halides is 2. The van der Waals surface area contributed by atoms with Gasteiger partial charge in [0.05, 0.1) is 23.9 Å². The van der Waals surface area contributed by atoms with E-state index < -0.39 is 91.1 Å². The fourth-order valence-corrected chi connectivity index (χ4v) is 5.63. The number of hydrogen-bond donors (Lipinski definition) is 2. The monoisotopic (exact) mass is 658 g/mol. The molecule has 0 unspecified atom stereocenters. The number of anilines is 2. The summed E-state index contributed by atoms with van der Waals surface area (Å²) < 4.78 is 56.7. The number of nitriles is 1. The zero-order chi connectivity index (χ0) is 33.3. The van der Waals surface area contributed by atoms with E-state index in [2.05, 4.69) is 10.3 Å². The molecule has 0 radical (unpaired) electrons. The zero-order valence-electron chi connectivity index (χ0n) is 23.5. The predicted molar refractivity (Wildman–Crippen MR) is 154 cm³/mol. The van der Waals surface area contributed by atoms with Gasteiger partial charge in [-0.15, -0.1) is 0 Å². The van der Waals surface area contributed by atoms with Gasteiger partial charge in [0.2, 0.25) is 11.8 Å². The minimum atomic E-state index is -3.03. The first-order valence-electron chi connectivity index (χ1n) is 13.7. The van der Waals surface area contributed by atoms with Crippen LogP contribution in [-0.4, -0.2) is 69.9 Å². The fourth-order valence-electron chi connectivity index (χ4n) is 5.39. The molecule has 16 heteroatoms. The van der Waals surface area contributed by atoms with Crippen LogP contribution in [-0.2, 0) is 14.4 Å². The largest absolute Gasteiger partial charge is 0.465 e. The number of aromatic nitrogens is 1. The van der Waals surface area contributed by atoms with Crippen molar-refractivity contribution in [2.75, 3.05) is 22.9 Å². The lowest BCUT2D eigenvalue weighted by Gasteiger charge is -2.42. The number of nitrogens with one attached hydrogen (secondary N) is 1. The molecule has 2 aromatic carbocycles. The maximum atomic E-state index is 14.7. The molecule has 4 amide bonds. The van der Waals surface area contributed by atoms with Crippen molar-refractivity contribution in [1.29, 1.82) is 5.26 Å². The SMILES string of the molecule is N#Cc1ccnc(N2C(=O)CN(C(=O)O)C[C@H]2C(=O)N(c2cc(F)cc(F)c2)[C@@H](C(=O)NC2CC(F)(F)C2)c2ccccc2Cl)c1. The molecule has 2 fully saturated rings. The van der Waals surface area contributed by atoms with E-state index in [-0.39, 0.29) is 22.0 Å². The van der Waals surface area contributed by atoms with Gasteiger partial charge in [0, 0.05) is 41.7 Å². The number of carboxylic acid groups (broad SMARTS) is 1. The van der Waals surface area contributed by atoms with E-state index in [0.29, 0.717) is 15.9 Å². The highest BCUT2D eigenvalue weighted by atomic mass is 35.5. The average molecular weight is 659 g/mol. The summed E-state index contributed by atoms with van der Waals surface area (Å²) in [6.45, 7) is -1.39. The van der Waals surface area contributed by atoms with Crippen LogP contribution in [0.2, 0.25) is 5.02 Å². The standard InChI is InChI=1S/C30H23ClF4N6O5/c31-22-4-2-1-3-21(22)26(27(43)38-19-11-30(34,35)12-19)40(20-9-17(32)8-18(33)10-20)28(44)23-14-39(29(45)46)15-25(42)41(23)24-7-16(13-36)5-6-37-24/h1-10,19,23,26H,11-12,14-15H2,(H,38,43)(H,45,46)/t23-,26+/m0/s1. The van der Waals surface area contributed by atoms with E-state index in [1.807, 2.05) is 6.07 Å². The molecular formula is C30H23ClF4N6O5. The van der Waals surface area contributed by atoms with Crippen LogP contribution >= 0.6 is 11.6 Å².